The minimum atomic E-state index is -1.86. The Balaban J connectivity index is 0.825. The van der Waals surface area contributed by atoms with E-state index in [4.69, 9.17) is 76.6 Å². The van der Waals surface area contributed by atoms with Crippen molar-refractivity contribution in [2.24, 2.45) is 28.8 Å². The molecule has 46 nitrogen and oxygen atoms in total. The summed E-state index contributed by atoms with van der Waals surface area (Å²) in [6, 6.07) is 4.23. The first-order valence-corrected chi connectivity index (χ1v) is 40.7. The molecule has 4 saturated heterocycles. The molecule has 19 N–H and O–H groups in total. The molecular formula is C76H120N8O38. The molecule has 1 aromatic rings. The van der Waals surface area contributed by atoms with E-state index >= 15 is 0 Å². The van der Waals surface area contributed by atoms with Gasteiger partial charge in [0, 0.05) is 68.0 Å². The Morgan fingerprint density at radius 2 is 0.713 bits per heavy atom. The van der Waals surface area contributed by atoms with Crippen LogP contribution in [-0.4, -0.2) is 386 Å². The zero-order valence-corrected chi connectivity index (χ0v) is 68.3. The molecule has 0 radical (unpaired) electrons. The lowest BCUT2D eigenvalue weighted by atomic mass is 9.76. The van der Waals surface area contributed by atoms with Crippen LogP contribution in [0.1, 0.15) is 123 Å². The number of nitrogens with one attached hydrogen (secondary N) is 5. The molecule has 0 bridgehead atoms. The summed E-state index contributed by atoms with van der Waals surface area (Å²) in [5, 5.41) is 165. The van der Waals surface area contributed by atoms with Crippen LogP contribution in [0.15, 0.2) is 23.3 Å². The molecule has 7 rings (SSSR count). The topological polar surface area (TPSA) is 684 Å². The molecule has 6 fully saturated rings. The first-order chi connectivity index (χ1) is 58.4. The number of methoxy groups -OCH3 is 4. The predicted molar refractivity (Wildman–Crippen MR) is 408 cm³/mol. The van der Waals surface area contributed by atoms with Crippen molar-refractivity contribution in [3.8, 4) is 5.75 Å². The Bertz CT molecular complexity index is 3310. The number of hydrogen-bond acceptors (Lipinski definition) is 39. The van der Waals surface area contributed by atoms with Crippen LogP contribution in [0.2, 0.25) is 0 Å². The summed E-state index contributed by atoms with van der Waals surface area (Å²) < 4.78 is 83.9. The molecule has 12 unspecified atom stereocenters. The zero-order chi connectivity index (χ0) is 89.3. The molecule has 4 heterocycles. The summed E-state index contributed by atoms with van der Waals surface area (Å²) in [5.74, 6) is -9.92. The summed E-state index contributed by atoms with van der Waals surface area (Å²) in [4.78, 5) is 120. The normalized spacial score (nSPS) is 32.7. The summed E-state index contributed by atoms with van der Waals surface area (Å²) in [6.07, 6.45) is -35.1. The number of aliphatic hydroxyl groups excluding tert-OH is 14. The molecule has 0 spiro atoms. The van der Waals surface area contributed by atoms with Gasteiger partial charge in [-0.2, -0.15) is 0 Å². The van der Waals surface area contributed by atoms with Gasteiger partial charge in [0.2, 0.25) is 17.7 Å². The average molecular weight is 1750 g/mol. The van der Waals surface area contributed by atoms with Crippen molar-refractivity contribution in [3.63, 3.8) is 0 Å². The van der Waals surface area contributed by atoms with Crippen molar-refractivity contribution in [1.82, 2.24) is 26.6 Å². The zero-order valence-electron chi connectivity index (χ0n) is 68.3. The van der Waals surface area contributed by atoms with Gasteiger partial charge in [-0.05, 0) is 87.9 Å². The van der Waals surface area contributed by atoms with Crippen LogP contribution < -0.4 is 31.3 Å². The Labute approximate surface area is 701 Å². The number of aliphatic hydroxyl groups is 14. The maximum absolute atomic E-state index is 13.6. The second-order valence-corrected chi connectivity index (χ2v) is 30.3. The van der Waals surface area contributed by atoms with Gasteiger partial charge in [0.15, 0.2) is 25.2 Å². The lowest BCUT2D eigenvalue weighted by Crippen LogP contribution is -2.61. The smallest absolute Gasteiger partial charge is 0.309 e. The predicted octanol–water partition coefficient (Wildman–Crippen LogP) is -6.60. The number of hydrogen-bond donors (Lipinski definition) is 19. The highest BCUT2D eigenvalue weighted by Crippen LogP contribution is 2.41. The van der Waals surface area contributed by atoms with Gasteiger partial charge >= 0.3 is 23.9 Å². The highest BCUT2D eigenvalue weighted by Gasteiger charge is 2.55. The summed E-state index contributed by atoms with van der Waals surface area (Å²) >= 11 is 0. The standard InChI is InChI=1S/C76H120N8O38/c1-108-69(104)40-29-44(46(31-42(40)71(106)110-3)117-75-65(100)59(94)55(90)48(33-85)119-75)115-35-50-57(92)61(96)63(98)73(121-50)113-24-21-79-53(88)14-8-5-11-17-81-67(102)37-26-38(28-39(27-37)112-23-20-78-52(87)16-10-7-13-19-83-84-77)68(103)82-18-12-6-9-15-54(89)80-22-25-114-74-64(99)62(97)58(93)51(122-74)36-116-45-30-41(70(105)109-2)43(72(107)111-4)32-47(45)118-76-66(101)60(95)56(91)49(34-86)120-76/h26-28,40-51,55-66,73-76,85-86,90-101H,5-25,29-36H2,1-4H3,(H,78,87)(H,79,88)(H,80,89)(H,81,102)(H,82,103)/t40?,41?,42-,43-,44-,45-,46?,47?,48?,49?,50?,51?,55+,56+,57+,58+,59-,60-,61-,62-,63?,64?,65?,66?,73-,74+,75+,76-/m0/s1. The summed E-state index contributed by atoms with van der Waals surface area (Å²) in [5.41, 5.74) is 8.62. The maximum atomic E-state index is 13.6. The van der Waals surface area contributed by atoms with Gasteiger partial charge in [-0.3, -0.25) is 43.2 Å². The summed E-state index contributed by atoms with van der Waals surface area (Å²) in [6.45, 7) is -2.70. The van der Waals surface area contributed by atoms with Crippen LogP contribution >= 0.6 is 0 Å². The van der Waals surface area contributed by atoms with Crippen molar-refractivity contribution in [2.45, 2.75) is 250 Å². The van der Waals surface area contributed by atoms with Crippen LogP contribution in [0.5, 0.6) is 5.75 Å². The van der Waals surface area contributed by atoms with Crippen LogP contribution in [-0.2, 0) is 99.9 Å². The van der Waals surface area contributed by atoms with Crippen molar-refractivity contribution >= 4 is 53.4 Å². The third kappa shape index (κ3) is 29.6. The first-order valence-electron chi connectivity index (χ1n) is 40.7. The number of rotatable bonds is 48. The number of azide groups is 1. The second-order valence-electron chi connectivity index (χ2n) is 30.3. The Kier molecular flexibility index (Phi) is 43.3. The largest absolute Gasteiger partial charge is 0.492 e. The van der Waals surface area contributed by atoms with E-state index in [1.165, 1.54) is 18.2 Å². The molecular weight excluding hydrogens is 1630 g/mol. The van der Waals surface area contributed by atoms with Crippen LogP contribution in [0.3, 0.4) is 0 Å². The van der Waals surface area contributed by atoms with Gasteiger partial charge in [-0.25, -0.2) is 0 Å². The highest BCUT2D eigenvalue weighted by atomic mass is 16.7. The number of unbranched alkanes of at least 4 members (excludes halogenated alkanes) is 6. The molecule has 5 amide bonds. The minimum Gasteiger partial charge on any atom is -0.492 e. The monoisotopic (exact) mass is 1750 g/mol. The molecule has 2 aliphatic carbocycles. The van der Waals surface area contributed by atoms with E-state index in [0.29, 0.717) is 64.3 Å². The molecule has 6 aliphatic rings. The number of ether oxygens (including phenoxy) is 15. The van der Waals surface area contributed by atoms with E-state index in [2.05, 4.69) is 36.6 Å². The van der Waals surface area contributed by atoms with E-state index in [1.54, 1.807) is 0 Å². The lowest BCUT2D eigenvalue weighted by Gasteiger charge is -2.45. The average Bonchev–Trinajstić information content (AvgIpc) is 0.783. The fourth-order valence-corrected chi connectivity index (χ4v) is 14.8. The maximum Gasteiger partial charge on any atom is 0.309 e. The third-order valence-corrected chi connectivity index (χ3v) is 21.9. The molecule has 4 aliphatic heterocycles. The van der Waals surface area contributed by atoms with Gasteiger partial charge in [-0.15, -0.1) is 0 Å². The van der Waals surface area contributed by atoms with Crippen molar-refractivity contribution < 1.29 is 186 Å². The SMILES string of the molecule is COC(=O)C1C[C@H](OCC2O[C@H](OCCNC(=O)CCCCCNC(=O)c3cc(OCCNC(=O)CCCCCN=[N+]=[N-])cc(C(=O)NCCCCCC(=O)NCCO[C@@H]4OC(CO[C@H]5CC(C(=O)OC)[C@@H](C(=O)OC)CC5O[C@H]5OC(CO)[C@@H](O)[C@H](O)C5O)[C@@H](O)[C@H](O)C4O)c3)C(O)[C@@H](O)[C@@H]2O)C(O[C@@H]2OC(CO)[C@@H](O)[C@H](O)C2O)C[C@@H]1C(=O)OC. The van der Waals surface area contributed by atoms with Crippen molar-refractivity contribution in [2.75, 3.05) is 114 Å². The molecule has 46 heteroatoms. The van der Waals surface area contributed by atoms with Gasteiger partial charge in [-0.1, -0.05) is 24.4 Å². The number of carbonyl (C=O) groups excluding carboxylic acids is 9. The highest BCUT2D eigenvalue weighted by molar-refractivity contribution is 6.00. The molecule has 692 valence electrons. The Hall–Kier alpha value is -7.40. The Morgan fingerprint density at radius 1 is 0.385 bits per heavy atom. The van der Waals surface area contributed by atoms with Crippen molar-refractivity contribution in [1.29, 1.82) is 0 Å². The number of nitrogens with zero attached hydrogens (tertiary/aromatic N) is 3. The first kappa shape index (κ1) is 102. The van der Waals surface area contributed by atoms with Crippen LogP contribution in [0.25, 0.3) is 10.4 Å². The number of carbonyl (C=O) groups is 9. The van der Waals surface area contributed by atoms with E-state index in [1.807, 2.05) is 0 Å². The Morgan fingerprint density at radius 3 is 1.07 bits per heavy atom. The molecule has 0 aromatic heterocycles. The number of amides is 5. The van der Waals surface area contributed by atoms with Crippen molar-refractivity contribution in [3.05, 3.63) is 39.8 Å². The van der Waals surface area contributed by atoms with Crippen LogP contribution in [0.4, 0.5) is 0 Å². The van der Waals surface area contributed by atoms with Gasteiger partial charge in [0.1, 0.15) is 110 Å². The lowest BCUT2D eigenvalue weighted by molar-refractivity contribution is -0.326. The van der Waals surface area contributed by atoms with Gasteiger partial charge in [0.25, 0.3) is 11.8 Å². The minimum absolute atomic E-state index is 0.0344. The number of esters is 4. The van der Waals surface area contributed by atoms with E-state index < -0.39 is 233 Å². The third-order valence-electron chi connectivity index (χ3n) is 21.9. The number of benzene rings is 1. The van der Waals surface area contributed by atoms with Gasteiger partial charge in [0.05, 0.1) is 123 Å². The fourth-order valence-electron chi connectivity index (χ4n) is 14.8. The fraction of sp³-hybridized carbons (Fsp3) is 0.803. The summed E-state index contributed by atoms with van der Waals surface area (Å²) in [7, 11) is 4.39. The van der Waals surface area contributed by atoms with Gasteiger partial charge < -0.3 is 169 Å². The molecule has 122 heavy (non-hydrogen) atoms. The van der Waals surface area contributed by atoms with E-state index in [9.17, 15) is 115 Å². The molecule has 1 aromatic carbocycles. The second kappa shape index (κ2) is 51.9. The quantitative estimate of drug-likeness (QED) is 0.00720. The van der Waals surface area contributed by atoms with Crippen LogP contribution in [0, 0.1) is 23.7 Å². The molecule has 2 saturated carbocycles. The van der Waals surface area contributed by atoms with E-state index in [0.717, 1.165) is 28.4 Å². The molecule has 28 atom stereocenters. The van der Waals surface area contributed by atoms with E-state index in [-0.39, 0.29) is 132 Å².